The topological polar surface area (TPSA) is 29.1 Å². The standard InChI is InChI=1S/C16H16FNO/c1-11(15-5-3-4-6-16(15)17)18-14-9-7-13(8-10-14)12(2)19/h3-11,18H,1-2H3. The van der Waals surface area contributed by atoms with E-state index in [2.05, 4.69) is 5.32 Å². The van der Waals surface area contributed by atoms with Crippen molar-refractivity contribution in [1.29, 1.82) is 0 Å². The normalized spacial score (nSPS) is 11.9. The third kappa shape index (κ3) is 3.19. The lowest BCUT2D eigenvalue weighted by molar-refractivity contribution is 0.101. The molecule has 2 aromatic carbocycles. The minimum absolute atomic E-state index is 0.0358. The first-order valence-corrected chi connectivity index (χ1v) is 6.20. The van der Waals surface area contributed by atoms with Crippen molar-refractivity contribution in [3.8, 4) is 0 Å². The van der Waals surface area contributed by atoms with E-state index < -0.39 is 0 Å². The van der Waals surface area contributed by atoms with E-state index in [-0.39, 0.29) is 17.6 Å². The number of hydrogen-bond donors (Lipinski definition) is 1. The maximum atomic E-state index is 13.6. The Morgan fingerprint density at radius 2 is 1.74 bits per heavy atom. The summed E-state index contributed by atoms with van der Waals surface area (Å²) < 4.78 is 13.6. The van der Waals surface area contributed by atoms with Crippen LogP contribution >= 0.6 is 0 Å². The van der Waals surface area contributed by atoms with Crippen LogP contribution in [0.2, 0.25) is 0 Å². The van der Waals surface area contributed by atoms with Crippen molar-refractivity contribution in [3.05, 3.63) is 65.5 Å². The largest absolute Gasteiger partial charge is 0.378 e. The molecule has 0 saturated heterocycles. The second-order valence-corrected chi connectivity index (χ2v) is 4.52. The van der Waals surface area contributed by atoms with Gasteiger partial charge in [0.15, 0.2) is 5.78 Å². The fourth-order valence-electron chi connectivity index (χ4n) is 1.96. The van der Waals surface area contributed by atoms with Crippen LogP contribution in [0.15, 0.2) is 48.5 Å². The van der Waals surface area contributed by atoms with Gasteiger partial charge >= 0.3 is 0 Å². The summed E-state index contributed by atoms with van der Waals surface area (Å²) in [5.74, 6) is -0.184. The van der Waals surface area contributed by atoms with Crippen molar-refractivity contribution < 1.29 is 9.18 Å². The van der Waals surface area contributed by atoms with E-state index in [1.54, 1.807) is 24.3 Å². The van der Waals surface area contributed by atoms with Crippen LogP contribution < -0.4 is 5.32 Å². The summed E-state index contributed by atoms with van der Waals surface area (Å²) in [6, 6.07) is 13.7. The molecule has 19 heavy (non-hydrogen) atoms. The summed E-state index contributed by atoms with van der Waals surface area (Å²) >= 11 is 0. The fourth-order valence-corrected chi connectivity index (χ4v) is 1.96. The molecular formula is C16H16FNO. The highest BCUT2D eigenvalue weighted by molar-refractivity contribution is 5.94. The first-order valence-electron chi connectivity index (χ1n) is 6.20. The number of Topliss-reactive ketones (excluding diaryl/α,β-unsaturated/α-hetero) is 1. The molecule has 0 aromatic heterocycles. The number of hydrogen-bond acceptors (Lipinski definition) is 2. The van der Waals surface area contributed by atoms with Crippen LogP contribution in [0.1, 0.15) is 35.8 Å². The second kappa shape index (κ2) is 5.65. The van der Waals surface area contributed by atoms with E-state index in [1.807, 2.05) is 25.1 Å². The van der Waals surface area contributed by atoms with Crippen LogP contribution in [0.25, 0.3) is 0 Å². The van der Waals surface area contributed by atoms with E-state index >= 15 is 0 Å². The number of rotatable bonds is 4. The van der Waals surface area contributed by atoms with Crippen molar-refractivity contribution in [2.24, 2.45) is 0 Å². The van der Waals surface area contributed by atoms with Crippen molar-refractivity contribution in [3.63, 3.8) is 0 Å². The molecule has 3 heteroatoms. The van der Waals surface area contributed by atoms with Gasteiger partial charge in [-0.05, 0) is 44.2 Å². The van der Waals surface area contributed by atoms with Gasteiger partial charge in [0.1, 0.15) is 5.82 Å². The number of ketones is 1. The lowest BCUT2D eigenvalue weighted by Crippen LogP contribution is -2.08. The van der Waals surface area contributed by atoms with Crippen LogP contribution in [0, 0.1) is 5.82 Å². The molecule has 1 unspecified atom stereocenters. The van der Waals surface area contributed by atoms with Gasteiger partial charge in [0.05, 0.1) is 6.04 Å². The van der Waals surface area contributed by atoms with E-state index in [0.29, 0.717) is 11.1 Å². The summed E-state index contributed by atoms with van der Waals surface area (Å²) in [4.78, 5) is 11.2. The SMILES string of the molecule is CC(=O)c1ccc(NC(C)c2ccccc2F)cc1. The quantitative estimate of drug-likeness (QED) is 0.832. The molecule has 2 aromatic rings. The third-order valence-corrected chi connectivity index (χ3v) is 3.05. The fraction of sp³-hybridized carbons (Fsp3) is 0.188. The average molecular weight is 257 g/mol. The Hall–Kier alpha value is -2.16. The van der Waals surface area contributed by atoms with Crippen LogP contribution in [-0.4, -0.2) is 5.78 Å². The Labute approximate surface area is 112 Å². The lowest BCUT2D eigenvalue weighted by atomic mass is 10.1. The summed E-state index contributed by atoms with van der Waals surface area (Å²) in [6.45, 7) is 3.43. The minimum atomic E-state index is -0.220. The van der Waals surface area contributed by atoms with Gasteiger partial charge in [-0.15, -0.1) is 0 Å². The highest BCUT2D eigenvalue weighted by atomic mass is 19.1. The molecule has 98 valence electrons. The molecular weight excluding hydrogens is 241 g/mol. The number of carbonyl (C=O) groups is 1. The Morgan fingerprint density at radius 1 is 1.11 bits per heavy atom. The Balaban J connectivity index is 2.13. The maximum Gasteiger partial charge on any atom is 0.159 e. The average Bonchev–Trinajstić information content (AvgIpc) is 2.39. The Kier molecular flexibility index (Phi) is 3.95. The van der Waals surface area contributed by atoms with Gasteiger partial charge in [0.25, 0.3) is 0 Å². The van der Waals surface area contributed by atoms with Gasteiger partial charge in [0, 0.05) is 16.8 Å². The van der Waals surface area contributed by atoms with Crippen molar-refractivity contribution in [2.75, 3.05) is 5.32 Å². The van der Waals surface area contributed by atoms with Gasteiger partial charge in [-0.1, -0.05) is 18.2 Å². The van der Waals surface area contributed by atoms with Crippen LogP contribution in [0.4, 0.5) is 10.1 Å². The number of anilines is 1. The smallest absolute Gasteiger partial charge is 0.159 e. The summed E-state index contributed by atoms with van der Waals surface area (Å²) in [5, 5.41) is 3.21. The zero-order valence-corrected chi connectivity index (χ0v) is 11.0. The second-order valence-electron chi connectivity index (χ2n) is 4.52. The highest BCUT2D eigenvalue weighted by Crippen LogP contribution is 2.21. The van der Waals surface area contributed by atoms with E-state index in [0.717, 1.165) is 5.69 Å². The molecule has 0 fully saturated rings. The number of carbonyl (C=O) groups excluding carboxylic acids is 1. The van der Waals surface area contributed by atoms with Crippen molar-refractivity contribution in [1.82, 2.24) is 0 Å². The predicted molar refractivity (Wildman–Crippen MR) is 74.9 cm³/mol. The zero-order chi connectivity index (χ0) is 13.8. The summed E-state index contributed by atoms with van der Waals surface area (Å²) in [7, 11) is 0. The highest BCUT2D eigenvalue weighted by Gasteiger charge is 2.09. The molecule has 0 aliphatic heterocycles. The molecule has 0 aliphatic rings. The molecule has 1 atom stereocenters. The third-order valence-electron chi connectivity index (χ3n) is 3.05. The van der Waals surface area contributed by atoms with Gasteiger partial charge in [0.2, 0.25) is 0 Å². The van der Waals surface area contributed by atoms with Crippen LogP contribution in [-0.2, 0) is 0 Å². The molecule has 0 heterocycles. The van der Waals surface area contributed by atoms with Gasteiger partial charge < -0.3 is 5.32 Å². The Morgan fingerprint density at radius 3 is 2.32 bits per heavy atom. The zero-order valence-electron chi connectivity index (χ0n) is 11.0. The first kappa shape index (κ1) is 13.3. The molecule has 2 rings (SSSR count). The molecule has 0 amide bonds. The minimum Gasteiger partial charge on any atom is -0.378 e. The molecule has 0 bridgehead atoms. The molecule has 1 N–H and O–H groups in total. The lowest BCUT2D eigenvalue weighted by Gasteiger charge is -2.16. The molecule has 0 aliphatic carbocycles. The monoisotopic (exact) mass is 257 g/mol. The van der Waals surface area contributed by atoms with Gasteiger partial charge in [-0.3, -0.25) is 4.79 Å². The van der Waals surface area contributed by atoms with Crippen molar-refractivity contribution in [2.45, 2.75) is 19.9 Å². The van der Waals surface area contributed by atoms with Crippen LogP contribution in [0.3, 0.4) is 0 Å². The molecule has 0 saturated carbocycles. The number of halogens is 1. The molecule has 2 nitrogen and oxygen atoms in total. The van der Waals surface area contributed by atoms with Gasteiger partial charge in [-0.2, -0.15) is 0 Å². The van der Waals surface area contributed by atoms with E-state index in [9.17, 15) is 9.18 Å². The summed E-state index contributed by atoms with van der Waals surface area (Å²) in [5.41, 5.74) is 2.16. The van der Waals surface area contributed by atoms with E-state index in [1.165, 1.54) is 13.0 Å². The first-order chi connectivity index (χ1) is 9.08. The number of benzene rings is 2. The van der Waals surface area contributed by atoms with Crippen molar-refractivity contribution >= 4 is 11.5 Å². The number of nitrogens with one attached hydrogen (secondary N) is 1. The predicted octanol–water partition coefficient (Wildman–Crippen LogP) is 4.20. The Bertz CT molecular complexity index is 578. The molecule has 0 radical (unpaired) electrons. The van der Waals surface area contributed by atoms with Gasteiger partial charge in [-0.25, -0.2) is 4.39 Å². The summed E-state index contributed by atoms with van der Waals surface area (Å²) in [6.07, 6.45) is 0. The van der Waals surface area contributed by atoms with E-state index in [4.69, 9.17) is 0 Å². The molecule has 0 spiro atoms. The maximum absolute atomic E-state index is 13.6. The van der Waals surface area contributed by atoms with Crippen LogP contribution in [0.5, 0.6) is 0 Å².